The molecule has 0 aliphatic rings. The third-order valence-electron chi connectivity index (χ3n) is 4.18. The van der Waals surface area contributed by atoms with E-state index < -0.39 is 21.9 Å². The fourth-order valence-corrected chi connectivity index (χ4v) is 3.87. The van der Waals surface area contributed by atoms with Crippen LogP contribution in [0.2, 0.25) is 0 Å². The fourth-order valence-electron chi connectivity index (χ4n) is 2.76. The van der Waals surface area contributed by atoms with Gasteiger partial charge < -0.3 is 10.2 Å². The van der Waals surface area contributed by atoms with Gasteiger partial charge in [0.15, 0.2) is 0 Å². The minimum Gasteiger partial charge on any atom is -0.361 e. The number of nitrogens with zero attached hydrogens (tertiary/aromatic N) is 2. The van der Waals surface area contributed by atoms with Crippen LogP contribution in [0, 0.1) is 12.4 Å². The summed E-state index contributed by atoms with van der Waals surface area (Å²) in [4.78, 5) is 19.6. The summed E-state index contributed by atoms with van der Waals surface area (Å²) in [5.74, 6) is -0.705. The van der Waals surface area contributed by atoms with Crippen molar-refractivity contribution >= 4 is 27.6 Å². The first-order valence-electron chi connectivity index (χ1n) is 9.15. The quantitative estimate of drug-likeness (QED) is 0.631. The minimum absolute atomic E-state index is 0.121. The Bertz CT molecular complexity index is 1050. The first kappa shape index (κ1) is 22.3. The number of aromatic nitrogens is 1. The van der Waals surface area contributed by atoms with Crippen molar-refractivity contribution in [2.45, 2.75) is 39.5 Å². The van der Waals surface area contributed by atoms with E-state index in [0.717, 1.165) is 0 Å². The maximum Gasteiger partial charge on any atom is 0.332 e. The number of amides is 2. The van der Waals surface area contributed by atoms with Gasteiger partial charge in [0.2, 0.25) is 10.0 Å². The first-order valence-corrected chi connectivity index (χ1v) is 10.8. The van der Waals surface area contributed by atoms with E-state index in [1.165, 1.54) is 24.4 Å². The zero-order valence-electron chi connectivity index (χ0n) is 16.5. The second-order valence-corrected chi connectivity index (χ2v) is 8.66. The molecule has 1 aromatic heterocycles. The second kappa shape index (κ2) is 9.47. The van der Waals surface area contributed by atoms with E-state index in [2.05, 4.69) is 15.1 Å². The van der Waals surface area contributed by atoms with Gasteiger partial charge in [-0.15, -0.1) is 4.98 Å². The topological polar surface area (TPSA) is 92.5 Å². The molecule has 2 aromatic rings. The maximum absolute atomic E-state index is 14.3. The van der Waals surface area contributed by atoms with Crippen molar-refractivity contribution in [1.82, 2.24) is 9.71 Å². The molecule has 2 N–H and O–H groups in total. The molecule has 0 aliphatic carbocycles. The van der Waals surface area contributed by atoms with Crippen molar-refractivity contribution in [3.8, 4) is 11.1 Å². The van der Waals surface area contributed by atoms with Crippen LogP contribution in [0.15, 0.2) is 30.5 Å². The van der Waals surface area contributed by atoms with Crippen molar-refractivity contribution in [3.05, 3.63) is 53.3 Å². The average Bonchev–Trinajstić information content (AvgIpc) is 2.66. The predicted molar refractivity (Wildman–Crippen MR) is 111 cm³/mol. The Morgan fingerprint density at radius 2 is 2.03 bits per heavy atom. The molecular formula is C20H23FN4O3S. The molecule has 29 heavy (non-hydrogen) atoms. The Morgan fingerprint density at radius 1 is 1.31 bits per heavy atom. The molecule has 1 heterocycles. The zero-order chi connectivity index (χ0) is 21.6. The highest BCUT2D eigenvalue weighted by atomic mass is 32.2. The van der Waals surface area contributed by atoms with Gasteiger partial charge in [0, 0.05) is 5.56 Å². The molecule has 9 heteroatoms. The van der Waals surface area contributed by atoms with Crippen molar-refractivity contribution in [1.29, 1.82) is 0 Å². The molecule has 2 amide bonds. The van der Waals surface area contributed by atoms with Crippen molar-refractivity contribution in [2.75, 3.05) is 11.1 Å². The number of halogens is 1. The van der Waals surface area contributed by atoms with Gasteiger partial charge in [0.05, 0.1) is 11.4 Å². The largest absolute Gasteiger partial charge is 0.361 e. The maximum atomic E-state index is 14.3. The van der Waals surface area contributed by atoms with Gasteiger partial charge in [-0.05, 0) is 47.7 Å². The summed E-state index contributed by atoms with van der Waals surface area (Å²) in [6.07, 6.45) is 2.52. The summed E-state index contributed by atoms with van der Waals surface area (Å²) >= 11 is 0. The van der Waals surface area contributed by atoms with Gasteiger partial charge in [0.1, 0.15) is 12.0 Å². The number of rotatable bonds is 7. The van der Waals surface area contributed by atoms with E-state index in [4.69, 9.17) is 6.57 Å². The number of sulfonamides is 1. The number of unbranched alkanes of at least 4 members (excludes halogenated alkanes) is 1. The molecule has 1 aromatic carbocycles. The van der Waals surface area contributed by atoms with E-state index >= 15 is 0 Å². The Labute approximate surface area is 170 Å². The molecule has 7 nitrogen and oxygen atoms in total. The molecule has 154 valence electrons. The Hall–Kier alpha value is -2.99. The monoisotopic (exact) mass is 418 g/mol. The second-order valence-electron chi connectivity index (χ2n) is 6.82. The SMILES string of the molecule is [C-]#[N+]c1cc(-c2cc(F)cc(C(C)C)c2NC(=O)NS(=O)(=O)CCCC)ccn1. The number of hydrogen-bond donors (Lipinski definition) is 2. The molecule has 0 saturated heterocycles. The van der Waals surface area contributed by atoms with E-state index in [9.17, 15) is 17.6 Å². The Morgan fingerprint density at radius 3 is 2.66 bits per heavy atom. The molecule has 0 bridgehead atoms. The summed E-state index contributed by atoms with van der Waals surface area (Å²) in [6, 6.07) is 4.68. The third-order valence-corrected chi connectivity index (χ3v) is 5.50. The lowest BCUT2D eigenvalue weighted by molar-refractivity contribution is 0.256. The van der Waals surface area contributed by atoms with Crippen LogP contribution in [-0.4, -0.2) is 25.2 Å². The zero-order valence-corrected chi connectivity index (χ0v) is 17.3. The molecule has 0 radical (unpaired) electrons. The van der Waals surface area contributed by atoms with Crippen molar-refractivity contribution in [3.63, 3.8) is 0 Å². The number of anilines is 1. The minimum atomic E-state index is -3.78. The fraction of sp³-hybridized carbons (Fsp3) is 0.350. The van der Waals surface area contributed by atoms with Crippen LogP contribution in [-0.2, 0) is 10.0 Å². The van der Waals surface area contributed by atoms with E-state index in [1.54, 1.807) is 6.07 Å². The highest BCUT2D eigenvalue weighted by Gasteiger charge is 2.20. The standard InChI is InChI=1S/C20H23FN4O3S/c1-5-6-9-29(27,28)25-20(26)24-19-16(13(2)3)11-15(21)12-17(19)14-7-8-23-18(10-14)22-4/h7-8,10-13H,5-6,9H2,1-3H3,(H2,24,25,26). The average molecular weight is 418 g/mol. The Kier molecular flexibility index (Phi) is 7.29. The number of hydrogen-bond acceptors (Lipinski definition) is 4. The summed E-state index contributed by atoms with van der Waals surface area (Å²) < 4.78 is 40.3. The van der Waals surface area contributed by atoms with Gasteiger partial charge in [-0.2, -0.15) is 0 Å². The molecule has 2 rings (SSSR count). The summed E-state index contributed by atoms with van der Waals surface area (Å²) in [7, 11) is -3.78. The molecular weight excluding hydrogens is 395 g/mol. The normalized spacial score (nSPS) is 11.2. The number of carbonyl (C=O) groups is 1. The van der Waals surface area contributed by atoms with E-state index in [0.29, 0.717) is 29.5 Å². The van der Waals surface area contributed by atoms with Crippen LogP contribution in [0.4, 0.5) is 20.7 Å². The number of pyridine rings is 1. The summed E-state index contributed by atoms with van der Waals surface area (Å²) in [5, 5.41) is 2.56. The lowest BCUT2D eigenvalue weighted by Gasteiger charge is -2.19. The summed E-state index contributed by atoms with van der Waals surface area (Å²) in [6.45, 7) is 12.6. The highest BCUT2D eigenvalue weighted by molar-refractivity contribution is 7.90. The first-order chi connectivity index (χ1) is 13.7. The Balaban J connectivity index is 2.49. The predicted octanol–water partition coefficient (Wildman–Crippen LogP) is 4.81. The van der Waals surface area contributed by atoms with E-state index in [-0.39, 0.29) is 23.2 Å². The molecule has 0 saturated carbocycles. The smallest absolute Gasteiger partial charge is 0.332 e. The van der Waals surface area contributed by atoms with Crippen LogP contribution in [0.5, 0.6) is 0 Å². The number of benzene rings is 1. The van der Waals surface area contributed by atoms with Crippen LogP contribution in [0.25, 0.3) is 16.0 Å². The van der Waals surface area contributed by atoms with Crippen molar-refractivity contribution < 1.29 is 17.6 Å². The number of nitrogens with one attached hydrogen (secondary N) is 2. The molecule has 0 spiro atoms. The van der Waals surface area contributed by atoms with Crippen LogP contribution >= 0.6 is 0 Å². The number of carbonyl (C=O) groups excluding carboxylic acids is 1. The van der Waals surface area contributed by atoms with Crippen molar-refractivity contribution in [2.24, 2.45) is 0 Å². The highest BCUT2D eigenvalue weighted by Crippen LogP contribution is 2.36. The van der Waals surface area contributed by atoms with Gasteiger partial charge in [0.25, 0.3) is 5.82 Å². The number of urea groups is 1. The lowest BCUT2D eigenvalue weighted by atomic mass is 9.94. The molecule has 0 atom stereocenters. The van der Waals surface area contributed by atoms with Gasteiger partial charge in [-0.1, -0.05) is 33.8 Å². The summed E-state index contributed by atoms with van der Waals surface area (Å²) in [5.41, 5.74) is 1.60. The van der Waals surface area contributed by atoms with E-state index in [1.807, 2.05) is 25.5 Å². The van der Waals surface area contributed by atoms with Crippen LogP contribution in [0.1, 0.15) is 45.1 Å². The molecule has 0 unspecified atom stereocenters. The van der Waals surface area contributed by atoms with Crippen LogP contribution < -0.4 is 10.0 Å². The van der Waals surface area contributed by atoms with Gasteiger partial charge >= 0.3 is 6.03 Å². The van der Waals surface area contributed by atoms with Gasteiger partial charge in [-0.25, -0.2) is 22.3 Å². The van der Waals surface area contributed by atoms with Crippen LogP contribution in [0.3, 0.4) is 0 Å². The molecule has 0 aliphatic heterocycles. The third kappa shape index (κ3) is 5.99. The lowest BCUT2D eigenvalue weighted by Crippen LogP contribution is -2.36. The molecule has 0 fully saturated rings. The van der Waals surface area contributed by atoms with Gasteiger partial charge in [-0.3, -0.25) is 0 Å².